The number of carbonyl (C=O) groups excluding carboxylic acids is 3. The van der Waals surface area contributed by atoms with Gasteiger partial charge in [0.15, 0.2) is 5.69 Å². The fourth-order valence-corrected chi connectivity index (χ4v) is 2.31. The van der Waals surface area contributed by atoms with Crippen LogP contribution in [0.5, 0.6) is 0 Å². The summed E-state index contributed by atoms with van der Waals surface area (Å²) < 4.78 is 9.81. The highest BCUT2D eigenvalue weighted by atomic mass is 16.5. The van der Waals surface area contributed by atoms with Gasteiger partial charge in [-0.3, -0.25) is 14.4 Å². The Hall–Kier alpha value is -3.20. The van der Waals surface area contributed by atoms with Gasteiger partial charge in [0.05, 0.1) is 13.2 Å². The van der Waals surface area contributed by atoms with E-state index < -0.39 is 17.9 Å². The van der Waals surface area contributed by atoms with E-state index in [1.165, 1.54) is 13.2 Å². The number of rotatable bonds is 9. The molecule has 28 heavy (non-hydrogen) atoms. The maximum absolute atomic E-state index is 12.3. The normalized spacial score (nSPS) is 11.5. The summed E-state index contributed by atoms with van der Waals surface area (Å²) in [5.74, 6) is -0.981. The van der Waals surface area contributed by atoms with E-state index >= 15 is 0 Å². The summed E-state index contributed by atoms with van der Waals surface area (Å²) in [6.07, 6.45) is 0. The van der Waals surface area contributed by atoms with Crippen LogP contribution in [0.15, 0.2) is 34.9 Å². The molecule has 1 unspecified atom stereocenters. The van der Waals surface area contributed by atoms with Crippen molar-refractivity contribution in [3.05, 3.63) is 52.9 Å². The van der Waals surface area contributed by atoms with Gasteiger partial charge < -0.3 is 25.2 Å². The molecule has 0 aliphatic carbocycles. The number of ether oxygens (including phenoxy) is 1. The van der Waals surface area contributed by atoms with Gasteiger partial charge in [-0.15, -0.1) is 0 Å². The summed E-state index contributed by atoms with van der Waals surface area (Å²) in [5.41, 5.74) is 2.15. The first kappa shape index (κ1) is 21.1. The van der Waals surface area contributed by atoms with Crippen molar-refractivity contribution < 1.29 is 23.6 Å². The van der Waals surface area contributed by atoms with Crippen molar-refractivity contribution in [2.75, 3.05) is 20.3 Å². The number of nitrogens with one attached hydrogen (secondary N) is 3. The van der Waals surface area contributed by atoms with E-state index in [4.69, 9.17) is 9.26 Å². The predicted octanol–water partition coefficient (Wildman–Crippen LogP) is 0.469. The minimum atomic E-state index is -0.973. The van der Waals surface area contributed by atoms with Crippen molar-refractivity contribution in [1.29, 1.82) is 0 Å². The second kappa shape index (κ2) is 10.2. The van der Waals surface area contributed by atoms with Crippen molar-refractivity contribution in [3.8, 4) is 0 Å². The lowest BCUT2D eigenvalue weighted by Crippen LogP contribution is -2.51. The molecule has 150 valence electrons. The summed E-state index contributed by atoms with van der Waals surface area (Å²) in [4.78, 5) is 36.4. The first-order valence-electron chi connectivity index (χ1n) is 8.72. The Morgan fingerprint density at radius 2 is 1.86 bits per heavy atom. The number of benzene rings is 1. The largest absolute Gasteiger partial charge is 0.382 e. The molecule has 0 saturated carbocycles. The zero-order valence-electron chi connectivity index (χ0n) is 16.1. The third-order valence-electron chi connectivity index (χ3n) is 3.85. The van der Waals surface area contributed by atoms with Gasteiger partial charge in [0.1, 0.15) is 11.8 Å². The maximum Gasteiger partial charge on any atom is 0.274 e. The SMILES string of the molecule is COCC(NC(=O)c1cc(C)on1)C(=O)NCC(=O)NCc1ccc(C)cc1. The first-order valence-corrected chi connectivity index (χ1v) is 8.72. The molecule has 1 atom stereocenters. The molecule has 0 fully saturated rings. The average molecular weight is 388 g/mol. The lowest BCUT2D eigenvalue weighted by molar-refractivity contribution is -0.128. The Balaban J connectivity index is 1.81. The molecule has 2 aromatic rings. The van der Waals surface area contributed by atoms with E-state index in [2.05, 4.69) is 21.1 Å². The molecule has 2 rings (SSSR count). The summed E-state index contributed by atoms with van der Waals surface area (Å²) >= 11 is 0. The zero-order valence-corrected chi connectivity index (χ0v) is 16.1. The Morgan fingerprint density at radius 3 is 2.46 bits per heavy atom. The number of hydrogen-bond donors (Lipinski definition) is 3. The lowest BCUT2D eigenvalue weighted by Gasteiger charge is -2.17. The van der Waals surface area contributed by atoms with Crippen molar-refractivity contribution in [3.63, 3.8) is 0 Å². The van der Waals surface area contributed by atoms with Crippen LogP contribution < -0.4 is 16.0 Å². The third-order valence-corrected chi connectivity index (χ3v) is 3.85. The molecular formula is C19H24N4O5. The molecule has 0 bridgehead atoms. The fourth-order valence-electron chi connectivity index (χ4n) is 2.31. The second-order valence-electron chi connectivity index (χ2n) is 6.28. The Morgan fingerprint density at radius 1 is 1.14 bits per heavy atom. The van der Waals surface area contributed by atoms with Gasteiger partial charge in [0.25, 0.3) is 5.91 Å². The Labute approximate surface area is 162 Å². The number of amides is 3. The van der Waals surface area contributed by atoms with Crippen LogP contribution in [0.4, 0.5) is 0 Å². The quantitative estimate of drug-likeness (QED) is 0.574. The van der Waals surface area contributed by atoms with Crippen LogP contribution in [0.2, 0.25) is 0 Å². The van der Waals surface area contributed by atoms with Crippen LogP contribution in [0, 0.1) is 13.8 Å². The molecule has 0 spiro atoms. The minimum Gasteiger partial charge on any atom is -0.382 e. The molecule has 9 nitrogen and oxygen atoms in total. The van der Waals surface area contributed by atoms with Crippen LogP contribution in [0.25, 0.3) is 0 Å². The predicted molar refractivity (Wildman–Crippen MR) is 100 cm³/mol. The Kier molecular flexibility index (Phi) is 7.70. The summed E-state index contributed by atoms with van der Waals surface area (Å²) in [6.45, 7) is 3.72. The number of carbonyl (C=O) groups is 3. The van der Waals surface area contributed by atoms with Gasteiger partial charge >= 0.3 is 0 Å². The molecule has 0 aliphatic rings. The lowest BCUT2D eigenvalue weighted by atomic mass is 10.1. The molecular weight excluding hydrogens is 364 g/mol. The molecule has 1 aromatic carbocycles. The van der Waals surface area contributed by atoms with Crippen LogP contribution in [-0.2, 0) is 20.9 Å². The highest BCUT2D eigenvalue weighted by molar-refractivity contribution is 5.96. The smallest absolute Gasteiger partial charge is 0.274 e. The molecule has 9 heteroatoms. The first-order chi connectivity index (χ1) is 13.4. The van der Waals surface area contributed by atoms with Crippen LogP contribution >= 0.6 is 0 Å². The van der Waals surface area contributed by atoms with Gasteiger partial charge in [-0.2, -0.15) is 0 Å². The van der Waals surface area contributed by atoms with Gasteiger partial charge in [-0.1, -0.05) is 35.0 Å². The van der Waals surface area contributed by atoms with Crippen LogP contribution in [0.3, 0.4) is 0 Å². The monoisotopic (exact) mass is 388 g/mol. The molecule has 3 N–H and O–H groups in total. The van der Waals surface area contributed by atoms with E-state index in [0.717, 1.165) is 11.1 Å². The standard InChI is InChI=1S/C19H24N4O5/c1-12-4-6-14(7-5-12)9-20-17(24)10-21-18(25)16(11-27-3)22-19(26)15-8-13(2)28-23-15/h4-8,16H,9-11H2,1-3H3,(H,20,24)(H,21,25)(H,22,26). The molecule has 0 saturated heterocycles. The highest BCUT2D eigenvalue weighted by Gasteiger charge is 2.23. The van der Waals surface area contributed by atoms with E-state index in [9.17, 15) is 14.4 Å². The summed E-state index contributed by atoms with van der Waals surface area (Å²) in [6, 6.07) is 8.23. The molecule has 1 heterocycles. The molecule has 0 radical (unpaired) electrons. The van der Waals surface area contributed by atoms with E-state index in [1.807, 2.05) is 31.2 Å². The van der Waals surface area contributed by atoms with Crippen LogP contribution in [0.1, 0.15) is 27.4 Å². The maximum atomic E-state index is 12.3. The summed E-state index contributed by atoms with van der Waals surface area (Å²) in [5, 5.41) is 11.3. The third kappa shape index (κ3) is 6.51. The van der Waals surface area contributed by atoms with E-state index in [-0.39, 0.29) is 24.8 Å². The summed E-state index contributed by atoms with van der Waals surface area (Å²) in [7, 11) is 1.40. The average Bonchev–Trinajstić information content (AvgIpc) is 3.11. The fraction of sp³-hybridized carbons (Fsp3) is 0.368. The van der Waals surface area contributed by atoms with Crippen molar-refractivity contribution in [2.45, 2.75) is 26.4 Å². The number of aromatic nitrogens is 1. The number of aryl methyl sites for hydroxylation is 2. The minimum absolute atomic E-state index is 0.0562. The van der Waals surface area contributed by atoms with Crippen molar-refractivity contribution in [2.24, 2.45) is 0 Å². The van der Waals surface area contributed by atoms with Gasteiger partial charge in [0.2, 0.25) is 11.8 Å². The zero-order chi connectivity index (χ0) is 20.5. The number of hydrogen-bond acceptors (Lipinski definition) is 6. The van der Waals surface area contributed by atoms with Crippen molar-refractivity contribution >= 4 is 17.7 Å². The molecule has 3 amide bonds. The number of nitrogens with zero attached hydrogens (tertiary/aromatic N) is 1. The van der Waals surface area contributed by atoms with E-state index in [1.54, 1.807) is 6.92 Å². The van der Waals surface area contributed by atoms with Crippen molar-refractivity contribution in [1.82, 2.24) is 21.1 Å². The Bertz CT molecular complexity index is 816. The highest BCUT2D eigenvalue weighted by Crippen LogP contribution is 2.03. The van der Waals surface area contributed by atoms with Gasteiger partial charge in [-0.25, -0.2) is 0 Å². The van der Waals surface area contributed by atoms with Crippen LogP contribution in [-0.4, -0.2) is 49.2 Å². The van der Waals surface area contributed by atoms with Gasteiger partial charge in [-0.05, 0) is 19.4 Å². The molecule has 0 aliphatic heterocycles. The second-order valence-corrected chi connectivity index (χ2v) is 6.28. The number of methoxy groups -OCH3 is 1. The van der Waals surface area contributed by atoms with Gasteiger partial charge in [0, 0.05) is 19.7 Å². The topological polar surface area (TPSA) is 123 Å². The molecule has 1 aromatic heterocycles. The van der Waals surface area contributed by atoms with E-state index in [0.29, 0.717) is 12.3 Å².